The van der Waals surface area contributed by atoms with Gasteiger partial charge in [-0.15, -0.1) is 0 Å². The number of anilines is 2. The molecule has 1 spiro atoms. The van der Waals surface area contributed by atoms with Crippen LogP contribution in [0.25, 0.3) is 0 Å². The summed E-state index contributed by atoms with van der Waals surface area (Å²) in [6.07, 6.45) is -2.61. The third-order valence-electron chi connectivity index (χ3n) is 7.36. The van der Waals surface area contributed by atoms with E-state index in [9.17, 15) is 36.7 Å². The number of hydrogen-bond acceptors (Lipinski definition) is 6. The van der Waals surface area contributed by atoms with E-state index >= 15 is 0 Å². The molecule has 0 radical (unpaired) electrons. The number of hydrogen-bond donors (Lipinski definition) is 2. The fourth-order valence-corrected chi connectivity index (χ4v) is 5.09. The first kappa shape index (κ1) is 29.5. The Labute approximate surface area is 242 Å². The SMILES string of the molecule is C[C@H](N(Cc1ccc(F)cc1)C(=O)CN1C(=O)O[C@@]2(CCc3cc(NC(=O)Nc4cccnc4)ccc32)C1=O)C(F)(F)F. The van der Waals surface area contributed by atoms with E-state index < -0.39 is 60.7 Å². The number of nitrogens with one attached hydrogen (secondary N) is 2. The van der Waals surface area contributed by atoms with Crippen molar-refractivity contribution < 1.29 is 41.5 Å². The van der Waals surface area contributed by atoms with Crippen LogP contribution in [0.5, 0.6) is 0 Å². The van der Waals surface area contributed by atoms with Gasteiger partial charge < -0.3 is 20.3 Å². The van der Waals surface area contributed by atoms with Crippen molar-refractivity contribution in [2.75, 3.05) is 17.2 Å². The number of aromatic nitrogens is 1. The number of carbonyl (C=O) groups is 4. The molecule has 5 rings (SSSR count). The Kier molecular flexibility index (Phi) is 7.78. The summed E-state index contributed by atoms with van der Waals surface area (Å²) in [5.74, 6) is -2.62. The molecule has 2 atom stereocenters. The second-order valence-corrected chi connectivity index (χ2v) is 10.1. The zero-order valence-electron chi connectivity index (χ0n) is 22.7. The number of benzene rings is 2. The maximum absolute atomic E-state index is 13.7. The Balaban J connectivity index is 1.31. The summed E-state index contributed by atoms with van der Waals surface area (Å²) in [7, 11) is 0. The molecular formula is C29H25F4N5O5. The van der Waals surface area contributed by atoms with E-state index in [2.05, 4.69) is 15.6 Å². The molecule has 10 nitrogen and oxygen atoms in total. The summed E-state index contributed by atoms with van der Waals surface area (Å²) >= 11 is 0. The number of aryl methyl sites for hydroxylation is 1. The predicted molar refractivity (Wildman–Crippen MR) is 144 cm³/mol. The van der Waals surface area contributed by atoms with Crippen LogP contribution in [0.15, 0.2) is 67.0 Å². The van der Waals surface area contributed by atoms with Gasteiger partial charge in [-0.05, 0) is 60.9 Å². The van der Waals surface area contributed by atoms with Crippen molar-refractivity contribution in [3.8, 4) is 0 Å². The Morgan fingerprint density at radius 2 is 1.81 bits per heavy atom. The molecule has 1 fully saturated rings. The number of alkyl halides is 3. The number of fused-ring (bicyclic) bond motifs is 2. The molecule has 1 aliphatic heterocycles. The van der Waals surface area contributed by atoms with Crippen LogP contribution in [0.1, 0.15) is 30.0 Å². The third-order valence-corrected chi connectivity index (χ3v) is 7.36. The molecule has 0 unspecified atom stereocenters. The molecular weight excluding hydrogens is 574 g/mol. The smallest absolute Gasteiger partial charge is 0.418 e. The van der Waals surface area contributed by atoms with Gasteiger partial charge >= 0.3 is 18.3 Å². The average molecular weight is 600 g/mol. The van der Waals surface area contributed by atoms with Crippen LogP contribution in [-0.4, -0.2) is 57.5 Å². The van der Waals surface area contributed by atoms with Crippen molar-refractivity contribution in [2.24, 2.45) is 0 Å². The topological polar surface area (TPSA) is 121 Å². The molecule has 2 aliphatic rings. The van der Waals surface area contributed by atoms with Crippen molar-refractivity contribution in [1.29, 1.82) is 0 Å². The summed E-state index contributed by atoms with van der Waals surface area (Å²) in [5.41, 5.74) is 0.308. The summed E-state index contributed by atoms with van der Waals surface area (Å²) in [6.45, 7) is -0.734. The lowest BCUT2D eigenvalue weighted by atomic mass is 9.94. The van der Waals surface area contributed by atoms with Crippen LogP contribution >= 0.6 is 0 Å². The number of nitrogens with zero attached hydrogens (tertiary/aromatic N) is 3. The number of halogens is 4. The van der Waals surface area contributed by atoms with Crippen LogP contribution < -0.4 is 10.6 Å². The number of imide groups is 1. The number of rotatable bonds is 7. The Hall–Kier alpha value is -5.01. The molecule has 14 heteroatoms. The lowest BCUT2D eigenvalue weighted by Gasteiger charge is -2.31. The minimum absolute atomic E-state index is 0.0428. The second-order valence-electron chi connectivity index (χ2n) is 10.1. The zero-order chi connectivity index (χ0) is 30.9. The molecule has 1 aromatic heterocycles. The second kappa shape index (κ2) is 11.3. The summed E-state index contributed by atoms with van der Waals surface area (Å²) < 4.78 is 59.8. The van der Waals surface area contributed by atoms with Crippen LogP contribution in [0.3, 0.4) is 0 Å². The van der Waals surface area contributed by atoms with Crippen LogP contribution in [0.2, 0.25) is 0 Å². The normalized spacial score (nSPS) is 18.3. The summed E-state index contributed by atoms with van der Waals surface area (Å²) in [4.78, 5) is 56.8. The molecule has 2 heterocycles. The van der Waals surface area contributed by atoms with Gasteiger partial charge in [0.05, 0.1) is 11.9 Å². The Morgan fingerprint density at radius 1 is 1.09 bits per heavy atom. The van der Waals surface area contributed by atoms with Gasteiger partial charge in [0.25, 0.3) is 5.91 Å². The largest absolute Gasteiger partial charge is 0.427 e. The van der Waals surface area contributed by atoms with Crippen molar-refractivity contribution in [2.45, 2.75) is 44.1 Å². The molecule has 1 saturated heterocycles. The van der Waals surface area contributed by atoms with Gasteiger partial charge in [-0.2, -0.15) is 13.2 Å². The van der Waals surface area contributed by atoms with Gasteiger partial charge in [-0.3, -0.25) is 14.6 Å². The van der Waals surface area contributed by atoms with E-state index in [1.165, 1.54) is 30.5 Å². The van der Waals surface area contributed by atoms with Crippen LogP contribution in [0.4, 0.5) is 38.5 Å². The Morgan fingerprint density at radius 3 is 2.49 bits per heavy atom. The number of ether oxygens (including phenoxy) is 1. The van der Waals surface area contributed by atoms with Gasteiger partial charge in [0.2, 0.25) is 11.5 Å². The van der Waals surface area contributed by atoms with E-state index in [1.54, 1.807) is 24.4 Å². The van der Waals surface area contributed by atoms with E-state index in [1.807, 2.05) is 0 Å². The zero-order valence-corrected chi connectivity index (χ0v) is 22.7. The fraction of sp³-hybridized carbons (Fsp3) is 0.276. The molecule has 3 aromatic rings. The van der Waals surface area contributed by atoms with Gasteiger partial charge in [0, 0.05) is 30.4 Å². The minimum atomic E-state index is -4.81. The standard InChI is InChI=1S/C29H25F4N5O5/c1-17(29(31,32)33)37(15-18-4-6-20(30)7-5-18)24(39)16-38-25(40)28(43-27(38)42)11-10-19-13-21(8-9-23(19)28)35-26(41)36-22-3-2-12-34-14-22/h2-9,12-14,17H,10-11,15-16H2,1H3,(H2,35,36,41)/t17-,28+/m0/s1. The molecule has 224 valence electrons. The van der Waals surface area contributed by atoms with Crippen molar-refractivity contribution >= 4 is 35.3 Å². The van der Waals surface area contributed by atoms with E-state index in [-0.39, 0.29) is 18.4 Å². The highest BCUT2D eigenvalue weighted by atomic mass is 19.4. The van der Waals surface area contributed by atoms with Crippen LogP contribution in [-0.2, 0) is 32.9 Å². The van der Waals surface area contributed by atoms with Gasteiger partial charge in [-0.25, -0.2) is 18.9 Å². The van der Waals surface area contributed by atoms with Crippen molar-refractivity contribution in [1.82, 2.24) is 14.8 Å². The molecule has 0 bridgehead atoms. The third kappa shape index (κ3) is 5.98. The maximum atomic E-state index is 13.7. The lowest BCUT2D eigenvalue weighted by molar-refractivity contribution is -0.187. The minimum Gasteiger partial charge on any atom is -0.427 e. The quantitative estimate of drug-likeness (QED) is 0.371. The highest BCUT2D eigenvalue weighted by Gasteiger charge is 2.58. The van der Waals surface area contributed by atoms with Crippen LogP contribution in [0, 0.1) is 5.82 Å². The lowest BCUT2D eigenvalue weighted by Crippen LogP contribution is -2.51. The monoisotopic (exact) mass is 599 g/mol. The number of pyridine rings is 1. The fourth-order valence-electron chi connectivity index (χ4n) is 5.09. The van der Waals surface area contributed by atoms with Gasteiger partial charge in [0.15, 0.2) is 0 Å². The summed E-state index contributed by atoms with van der Waals surface area (Å²) in [6, 6.07) is 9.74. The average Bonchev–Trinajstić information content (AvgIpc) is 3.43. The van der Waals surface area contributed by atoms with Crippen molar-refractivity contribution in [3.05, 3.63) is 89.5 Å². The Bertz CT molecular complexity index is 1570. The van der Waals surface area contributed by atoms with Crippen molar-refractivity contribution in [3.63, 3.8) is 0 Å². The number of amides is 5. The maximum Gasteiger partial charge on any atom is 0.418 e. The van der Waals surface area contributed by atoms with E-state index in [4.69, 9.17) is 4.74 Å². The predicted octanol–water partition coefficient (Wildman–Crippen LogP) is 4.96. The molecule has 43 heavy (non-hydrogen) atoms. The molecule has 2 N–H and O–H groups in total. The van der Waals surface area contributed by atoms with Gasteiger partial charge in [-0.1, -0.05) is 18.2 Å². The number of urea groups is 1. The van der Waals surface area contributed by atoms with Gasteiger partial charge in [0.1, 0.15) is 18.4 Å². The molecule has 1 aliphatic carbocycles. The summed E-state index contributed by atoms with van der Waals surface area (Å²) in [5, 5.41) is 5.29. The molecule has 2 aromatic carbocycles. The first-order valence-corrected chi connectivity index (χ1v) is 13.1. The highest BCUT2D eigenvalue weighted by molar-refractivity contribution is 6.06. The molecule has 5 amide bonds. The highest BCUT2D eigenvalue weighted by Crippen LogP contribution is 2.46. The molecule has 0 saturated carbocycles. The number of carbonyl (C=O) groups excluding carboxylic acids is 4. The first-order chi connectivity index (χ1) is 20.4. The van der Waals surface area contributed by atoms with E-state index in [0.717, 1.165) is 19.1 Å². The first-order valence-electron chi connectivity index (χ1n) is 13.1. The van der Waals surface area contributed by atoms with E-state index in [0.29, 0.717) is 32.3 Å².